The smallest absolute Gasteiger partial charge is 0.0154 e. The summed E-state index contributed by atoms with van der Waals surface area (Å²) in [5.74, 6) is 0. The Morgan fingerprint density at radius 3 is 2.41 bits per heavy atom. The third-order valence-corrected chi connectivity index (χ3v) is 6.18. The fraction of sp³-hybridized carbons (Fsp3) is 0.333. The maximum Gasteiger partial charge on any atom is 0.0154 e. The van der Waals surface area contributed by atoms with Crippen molar-refractivity contribution in [1.82, 2.24) is 5.32 Å². The molecular weight excluding hydrogens is 370 g/mol. The Morgan fingerprint density at radius 1 is 1.00 bits per heavy atom. The van der Waals surface area contributed by atoms with Gasteiger partial charge in [0.15, 0.2) is 0 Å². The quantitative estimate of drug-likeness (QED) is 0.318. The Hall–Kier alpha value is -2.19. The van der Waals surface area contributed by atoms with Gasteiger partial charge in [-0.05, 0) is 73.6 Å². The number of nitrogens with one attached hydrogen (secondary N) is 1. The molecule has 0 heterocycles. The average molecular weight is 406 g/mol. The van der Waals surface area contributed by atoms with E-state index in [2.05, 4.69) is 99.8 Å². The van der Waals surface area contributed by atoms with Crippen LogP contribution in [0.1, 0.15) is 56.7 Å². The summed E-state index contributed by atoms with van der Waals surface area (Å²) < 4.78 is 0. The van der Waals surface area contributed by atoms with Gasteiger partial charge in [-0.25, -0.2) is 0 Å². The van der Waals surface area contributed by atoms with E-state index in [1.165, 1.54) is 51.3 Å². The van der Waals surface area contributed by atoms with Gasteiger partial charge in [0.25, 0.3) is 0 Å². The molecule has 0 fully saturated rings. The Bertz CT molecular complexity index is 859. The predicted octanol–water partition coefficient (Wildman–Crippen LogP) is 7.93. The molecule has 1 N–H and O–H groups in total. The van der Waals surface area contributed by atoms with Gasteiger partial charge < -0.3 is 5.32 Å². The molecule has 0 radical (unpaired) electrons. The summed E-state index contributed by atoms with van der Waals surface area (Å²) in [6, 6.07) is 17.4. The molecule has 2 heteroatoms. The van der Waals surface area contributed by atoms with E-state index in [-0.39, 0.29) is 0 Å². The molecule has 0 aliphatic heterocycles. The fourth-order valence-corrected chi connectivity index (χ4v) is 4.28. The lowest BCUT2D eigenvalue weighted by Crippen LogP contribution is -2.01. The van der Waals surface area contributed by atoms with Crippen LogP contribution in [0.4, 0.5) is 0 Å². The van der Waals surface area contributed by atoms with Gasteiger partial charge in [0, 0.05) is 22.5 Å². The van der Waals surface area contributed by atoms with Crippen LogP contribution in [0.15, 0.2) is 82.3 Å². The summed E-state index contributed by atoms with van der Waals surface area (Å²) in [5, 5.41) is 3.25. The minimum absolute atomic E-state index is 1.02. The summed E-state index contributed by atoms with van der Waals surface area (Å²) in [6.07, 6.45) is 11.5. The van der Waals surface area contributed by atoms with Crippen molar-refractivity contribution in [3.8, 4) is 0 Å². The number of hydrogen-bond donors (Lipinski definition) is 1. The molecule has 0 saturated carbocycles. The van der Waals surface area contributed by atoms with Crippen molar-refractivity contribution in [1.29, 1.82) is 0 Å². The molecule has 2 rings (SSSR count). The lowest BCUT2D eigenvalue weighted by atomic mass is 10.0. The van der Waals surface area contributed by atoms with Crippen molar-refractivity contribution < 1.29 is 0 Å². The van der Waals surface area contributed by atoms with Gasteiger partial charge in [-0.2, -0.15) is 0 Å². The molecule has 0 unspecified atom stereocenters. The zero-order valence-corrected chi connectivity index (χ0v) is 19.4. The molecule has 2 aromatic rings. The minimum atomic E-state index is 1.02. The van der Waals surface area contributed by atoms with Gasteiger partial charge in [-0.3, -0.25) is 0 Å². The highest BCUT2D eigenvalue weighted by molar-refractivity contribution is 8.03. The second kappa shape index (κ2) is 12.4. The highest BCUT2D eigenvalue weighted by Gasteiger charge is 2.08. The number of hydrogen-bond acceptors (Lipinski definition) is 2. The molecule has 0 spiro atoms. The molecule has 0 atom stereocenters. The van der Waals surface area contributed by atoms with Gasteiger partial charge >= 0.3 is 0 Å². The van der Waals surface area contributed by atoms with Crippen molar-refractivity contribution >= 4 is 17.3 Å². The summed E-state index contributed by atoms with van der Waals surface area (Å²) in [6.45, 7) is 8.83. The van der Waals surface area contributed by atoms with Gasteiger partial charge in [0.05, 0.1) is 0 Å². The van der Waals surface area contributed by atoms with Crippen LogP contribution in [0.25, 0.3) is 5.57 Å². The third kappa shape index (κ3) is 7.29. The zero-order valence-electron chi connectivity index (χ0n) is 18.6. The predicted molar refractivity (Wildman–Crippen MR) is 131 cm³/mol. The Labute approximate surface area is 182 Å². The van der Waals surface area contributed by atoms with E-state index in [1.54, 1.807) is 0 Å². The van der Waals surface area contributed by atoms with Crippen LogP contribution in [-0.4, -0.2) is 7.05 Å². The zero-order chi connectivity index (χ0) is 21.1. The number of aryl methyl sites for hydroxylation is 1. The first-order valence-corrected chi connectivity index (χ1v) is 11.5. The Kier molecular flexibility index (Phi) is 9.87. The first-order chi connectivity index (χ1) is 14.1. The topological polar surface area (TPSA) is 12.0 Å². The monoisotopic (exact) mass is 405 g/mol. The molecule has 1 nitrogen and oxygen atoms in total. The van der Waals surface area contributed by atoms with Gasteiger partial charge in [-0.15, -0.1) is 0 Å². The second-order valence-electron chi connectivity index (χ2n) is 7.30. The van der Waals surface area contributed by atoms with Gasteiger partial charge in [0.2, 0.25) is 0 Å². The number of unbranched alkanes of at least 4 members (excludes halogenated alkanes) is 1. The standard InChI is InChI=1S/C27H35NS/c1-6-8-14-23-17-12-18-27(22(23)4)29-26(13-7-2)20-25(19-21(3)28-5)24-15-10-9-11-16-24/h9-13,15-20,28H,6-8,14H2,1-5H3/b21-19-,25-20+,26-13-. The van der Waals surface area contributed by atoms with E-state index in [4.69, 9.17) is 0 Å². The molecule has 0 aromatic heterocycles. The van der Waals surface area contributed by atoms with E-state index in [9.17, 15) is 0 Å². The molecule has 29 heavy (non-hydrogen) atoms. The lowest BCUT2D eigenvalue weighted by molar-refractivity contribution is 0.789. The molecule has 0 aliphatic carbocycles. The molecule has 0 saturated heterocycles. The molecule has 154 valence electrons. The van der Waals surface area contributed by atoms with Gasteiger partial charge in [-0.1, -0.05) is 80.6 Å². The third-order valence-electron chi connectivity index (χ3n) is 5.00. The average Bonchev–Trinajstić information content (AvgIpc) is 2.74. The number of benzene rings is 2. The van der Waals surface area contributed by atoms with Gasteiger partial charge in [0.1, 0.15) is 0 Å². The van der Waals surface area contributed by atoms with Crippen LogP contribution in [-0.2, 0) is 6.42 Å². The highest BCUT2D eigenvalue weighted by Crippen LogP contribution is 2.34. The molecule has 0 amide bonds. The second-order valence-corrected chi connectivity index (χ2v) is 8.42. The Balaban J connectivity index is 2.41. The van der Waals surface area contributed by atoms with Crippen LogP contribution in [0.2, 0.25) is 0 Å². The van der Waals surface area contributed by atoms with Crippen molar-refractivity contribution in [3.05, 3.63) is 94.1 Å². The minimum Gasteiger partial charge on any atom is -0.392 e. The maximum atomic E-state index is 3.25. The van der Waals surface area contributed by atoms with E-state index in [1.807, 2.05) is 18.8 Å². The molecule has 0 aliphatic rings. The SMILES string of the molecule is CC/C=C(/C=C(\C=C(\C)NC)c1ccccc1)Sc1cccc(CCCC)c1C. The van der Waals surface area contributed by atoms with Crippen LogP contribution in [0.3, 0.4) is 0 Å². The van der Waals surface area contributed by atoms with E-state index < -0.39 is 0 Å². The Morgan fingerprint density at radius 2 is 1.76 bits per heavy atom. The lowest BCUT2D eigenvalue weighted by Gasteiger charge is -2.13. The maximum absolute atomic E-state index is 3.25. The normalized spacial score (nSPS) is 12.9. The van der Waals surface area contributed by atoms with Crippen LogP contribution in [0.5, 0.6) is 0 Å². The summed E-state index contributed by atoms with van der Waals surface area (Å²) in [7, 11) is 1.97. The number of allylic oxidation sites excluding steroid dienone is 5. The van der Waals surface area contributed by atoms with Crippen molar-refractivity contribution in [3.63, 3.8) is 0 Å². The van der Waals surface area contributed by atoms with Crippen LogP contribution in [0, 0.1) is 6.92 Å². The van der Waals surface area contributed by atoms with Crippen molar-refractivity contribution in [2.75, 3.05) is 7.05 Å². The summed E-state index contributed by atoms with van der Waals surface area (Å²) >= 11 is 1.88. The van der Waals surface area contributed by atoms with E-state index >= 15 is 0 Å². The molecular formula is C27H35NS. The number of thioether (sulfide) groups is 1. The highest BCUT2D eigenvalue weighted by atomic mass is 32.2. The first-order valence-electron chi connectivity index (χ1n) is 10.7. The molecule has 2 aromatic carbocycles. The van der Waals surface area contributed by atoms with Crippen LogP contribution >= 0.6 is 11.8 Å². The largest absolute Gasteiger partial charge is 0.392 e. The van der Waals surface area contributed by atoms with Crippen molar-refractivity contribution in [2.45, 2.75) is 58.3 Å². The van der Waals surface area contributed by atoms with Crippen LogP contribution < -0.4 is 5.32 Å². The number of rotatable bonds is 10. The van der Waals surface area contributed by atoms with E-state index in [0.717, 1.165) is 12.1 Å². The van der Waals surface area contributed by atoms with E-state index in [0.29, 0.717) is 0 Å². The molecule has 0 bridgehead atoms. The summed E-state index contributed by atoms with van der Waals surface area (Å²) in [4.78, 5) is 2.65. The summed E-state index contributed by atoms with van der Waals surface area (Å²) in [5.41, 5.74) is 6.51. The van der Waals surface area contributed by atoms with Crippen molar-refractivity contribution in [2.24, 2.45) is 0 Å². The first kappa shape index (κ1) is 23.1. The fourth-order valence-electron chi connectivity index (χ4n) is 3.16.